The van der Waals surface area contributed by atoms with Gasteiger partial charge in [-0.2, -0.15) is 0 Å². The van der Waals surface area contributed by atoms with Crippen LogP contribution in [-0.4, -0.2) is 47.0 Å². The Kier molecular flexibility index (Phi) is 5.19. The number of amides is 2. The smallest absolute Gasteiger partial charge is 0.265 e. The van der Waals surface area contributed by atoms with Crippen molar-refractivity contribution in [2.45, 2.75) is 19.8 Å². The molecule has 4 rings (SSSR count). The number of hydrogen-bond acceptors (Lipinski definition) is 6. The van der Waals surface area contributed by atoms with Crippen molar-refractivity contribution in [3.8, 4) is 11.3 Å². The largest absolute Gasteiger partial charge is 0.361 e. The molecule has 1 N–H and O–H groups in total. The third-order valence-corrected chi connectivity index (χ3v) is 6.35. The highest BCUT2D eigenvalue weighted by molar-refractivity contribution is 7.11. The summed E-state index contributed by atoms with van der Waals surface area (Å²) < 4.78 is 5.55. The second-order valence-electron chi connectivity index (χ2n) is 7.32. The molecule has 1 fully saturated rings. The van der Waals surface area contributed by atoms with E-state index in [-0.39, 0.29) is 11.8 Å². The molecule has 3 aromatic rings. The number of carbonyl (C=O) groups excluding carboxylic acids is 2. The maximum Gasteiger partial charge on any atom is 0.265 e. The Balaban J connectivity index is 1.56. The van der Waals surface area contributed by atoms with Crippen LogP contribution in [0.3, 0.4) is 0 Å². The van der Waals surface area contributed by atoms with Gasteiger partial charge in [0.05, 0.1) is 16.6 Å². The van der Waals surface area contributed by atoms with Gasteiger partial charge in [0.2, 0.25) is 5.91 Å². The molecule has 0 spiro atoms. The van der Waals surface area contributed by atoms with Crippen molar-refractivity contribution in [2.75, 3.05) is 20.1 Å². The average Bonchev–Trinajstić information content (AvgIpc) is 3.48. The quantitative estimate of drug-likeness (QED) is 0.699. The van der Waals surface area contributed by atoms with Gasteiger partial charge in [0.1, 0.15) is 16.3 Å². The molecular formula is C21H22N4O3S. The number of aromatic nitrogens is 2. The predicted octanol–water partition coefficient (Wildman–Crippen LogP) is 2.93. The van der Waals surface area contributed by atoms with E-state index < -0.39 is 5.41 Å². The summed E-state index contributed by atoms with van der Waals surface area (Å²) in [6.07, 6.45) is 0.954. The molecule has 1 aromatic carbocycles. The molecule has 3 heterocycles. The summed E-state index contributed by atoms with van der Waals surface area (Å²) >= 11 is 1.33. The van der Waals surface area contributed by atoms with E-state index in [0.29, 0.717) is 36.6 Å². The van der Waals surface area contributed by atoms with Crippen LogP contribution in [0.25, 0.3) is 11.3 Å². The van der Waals surface area contributed by atoms with Crippen molar-refractivity contribution in [3.63, 3.8) is 0 Å². The number of benzene rings is 1. The fourth-order valence-corrected chi connectivity index (χ4v) is 4.62. The molecule has 150 valence electrons. The molecule has 1 saturated heterocycles. The van der Waals surface area contributed by atoms with Gasteiger partial charge in [-0.1, -0.05) is 35.5 Å². The van der Waals surface area contributed by atoms with Gasteiger partial charge in [0.15, 0.2) is 0 Å². The maximum absolute atomic E-state index is 12.9. The molecule has 0 bridgehead atoms. The summed E-state index contributed by atoms with van der Waals surface area (Å²) in [6.45, 7) is 2.68. The van der Waals surface area contributed by atoms with Crippen molar-refractivity contribution in [1.82, 2.24) is 20.4 Å². The second kappa shape index (κ2) is 7.79. The van der Waals surface area contributed by atoms with Crippen molar-refractivity contribution in [2.24, 2.45) is 5.41 Å². The SMILES string of the molecule is CNC(=O)C1(Cc2cc(-c3ccccc3)no2)CCN(C(=O)c2scnc2C)C1. The zero-order valence-corrected chi connectivity index (χ0v) is 17.2. The van der Waals surface area contributed by atoms with E-state index in [0.717, 1.165) is 17.0 Å². The zero-order valence-electron chi connectivity index (χ0n) is 16.3. The number of nitrogens with zero attached hydrogens (tertiary/aromatic N) is 3. The summed E-state index contributed by atoms with van der Waals surface area (Å²) in [5.74, 6) is 0.473. The second-order valence-corrected chi connectivity index (χ2v) is 8.18. The van der Waals surface area contributed by atoms with Crippen molar-refractivity contribution >= 4 is 23.2 Å². The Morgan fingerprint density at radius 2 is 2.10 bits per heavy atom. The third-order valence-electron chi connectivity index (χ3n) is 5.43. The number of carbonyl (C=O) groups is 2. The molecule has 7 nitrogen and oxygen atoms in total. The Hall–Kier alpha value is -3.00. The van der Waals surface area contributed by atoms with E-state index in [4.69, 9.17) is 4.52 Å². The normalized spacial score (nSPS) is 18.8. The molecule has 1 aliphatic rings. The van der Waals surface area contributed by atoms with Crippen LogP contribution in [0, 0.1) is 12.3 Å². The van der Waals surface area contributed by atoms with Gasteiger partial charge in [-0.3, -0.25) is 9.59 Å². The van der Waals surface area contributed by atoms with Crippen molar-refractivity contribution in [3.05, 3.63) is 58.2 Å². The highest BCUT2D eigenvalue weighted by atomic mass is 32.1. The van der Waals surface area contributed by atoms with E-state index in [1.54, 1.807) is 17.5 Å². The minimum atomic E-state index is -0.740. The van der Waals surface area contributed by atoms with Gasteiger partial charge in [-0.05, 0) is 13.3 Å². The zero-order chi connectivity index (χ0) is 20.4. The van der Waals surface area contributed by atoms with Gasteiger partial charge < -0.3 is 14.7 Å². The van der Waals surface area contributed by atoms with Crippen LogP contribution >= 0.6 is 11.3 Å². The first-order valence-electron chi connectivity index (χ1n) is 9.45. The predicted molar refractivity (Wildman–Crippen MR) is 110 cm³/mol. The number of hydrogen-bond donors (Lipinski definition) is 1. The molecule has 0 aliphatic carbocycles. The molecule has 1 atom stereocenters. The van der Waals surface area contributed by atoms with E-state index in [1.165, 1.54) is 11.3 Å². The van der Waals surface area contributed by atoms with Crippen LogP contribution in [0.5, 0.6) is 0 Å². The van der Waals surface area contributed by atoms with Crippen LogP contribution in [0.15, 0.2) is 46.4 Å². The fourth-order valence-electron chi connectivity index (χ4n) is 3.85. The number of likely N-dealkylation sites (tertiary alicyclic amines) is 1. The van der Waals surface area contributed by atoms with Gasteiger partial charge in [0.25, 0.3) is 5.91 Å². The molecular weight excluding hydrogens is 388 g/mol. The maximum atomic E-state index is 12.9. The molecule has 1 aliphatic heterocycles. The molecule has 2 amide bonds. The van der Waals surface area contributed by atoms with E-state index >= 15 is 0 Å². The van der Waals surface area contributed by atoms with E-state index in [9.17, 15) is 9.59 Å². The Bertz CT molecular complexity index is 1030. The first kappa shape index (κ1) is 19.3. The lowest BCUT2D eigenvalue weighted by Gasteiger charge is -2.26. The van der Waals surface area contributed by atoms with Crippen LogP contribution in [0.2, 0.25) is 0 Å². The Morgan fingerprint density at radius 3 is 2.79 bits per heavy atom. The lowest BCUT2D eigenvalue weighted by Crippen LogP contribution is -2.44. The first-order chi connectivity index (χ1) is 14.0. The first-order valence-corrected chi connectivity index (χ1v) is 10.3. The number of thiazole rings is 1. The van der Waals surface area contributed by atoms with Crippen molar-refractivity contribution in [1.29, 1.82) is 0 Å². The highest BCUT2D eigenvalue weighted by Gasteiger charge is 2.47. The third kappa shape index (κ3) is 3.67. The molecule has 0 saturated carbocycles. The number of rotatable bonds is 5. The molecule has 29 heavy (non-hydrogen) atoms. The summed E-state index contributed by atoms with van der Waals surface area (Å²) in [7, 11) is 1.62. The summed E-state index contributed by atoms with van der Waals surface area (Å²) in [6, 6.07) is 11.6. The minimum absolute atomic E-state index is 0.0710. The molecule has 8 heteroatoms. The van der Waals surface area contributed by atoms with Crippen LogP contribution in [0.4, 0.5) is 0 Å². The topological polar surface area (TPSA) is 88.3 Å². The van der Waals surface area contributed by atoms with Crippen LogP contribution in [-0.2, 0) is 11.2 Å². The van der Waals surface area contributed by atoms with Gasteiger partial charge >= 0.3 is 0 Å². The van der Waals surface area contributed by atoms with Gasteiger partial charge in [0, 0.05) is 38.2 Å². The number of aryl methyl sites for hydroxylation is 1. The monoisotopic (exact) mass is 410 g/mol. The Labute approximate surface area is 172 Å². The molecule has 0 radical (unpaired) electrons. The fraction of sp³-hybridized carbons (Fsp3) is 0.333. The lowest BCUT2D eigenvalue weighted by molar-refractivity contribution is -0.130. The van der Waals surface area contributed by atoms with Crippen LogP contribution in [0.1, 0.15) is 27.5 Å². The highest BCUT2D eigenvalue weighted by Crippen LogP contribution is 2.36. The number of nitrogens with one attached hydrogen (secondary N) is 1. The van der Waals surface area contributed by atoms with Gasteiger partial charge in [-0.25, -0.2) is 4.98 Å². The molecule has 1 unspecified atom stereocenters. The van der Waals surface area contributed by atoms with Gasteiger partial charge in [-0.15, -0.1) is 11.3 Å². The summed E-state index contributed by atoms with van der Waals surface area (Å²) in [5, 5.41) is 6.92. The Morgan fingerprint density at radius 1 is 1.31 bits per heavy atom. The van der Waals surface area contributed by atoms with E-state index in [1.807, 2.05) is 43.3 Å². The summed E-state index contributed by atoms with van der Waals surface area (Å²) in [5.41, 5.74) is 3.35. The lowest BCUT2D eigenvalue weighted by atomic mass is 9.81. The van der Waals surface area contributed by atoms with Crippen molar-refractivity contribution < 1.29 is 14.1 Å². The summed E-state index contributed by atoms with van der Waals surface area (Å²) in [4.78, 5) is 32.2. The average molecular weight is 410 g/mol. The standard InChI is InChI=1S/C21H22N4O3S/c1-14-18(29-13-23-14)19(26)25-9-8-21(12-25,20(27)22-2)11-16-10-17(24-28-16)15-6-4-3-5-7-15/h3-7,10,13H,8-9,11-12H2,1-2H3,(H,22,27). The molecule has 2 aromatic heterocycles. The van der Waals surface area contributed by atoms with Crippen LogP contribution < -0.4 is 5.32 Å². The van der Waals surface area contributed by atoms with E-state index in [2.05, 4.69) is 15.5 Å². The minimum Gasteiger partial charge on any atom is -0.361 e.